The predicted octanol–water partition coefficient (Wildman–Crippen LogP) is 6.21. The second kappa shape index (κ2) is 16.6. The maximum Gasteiger partial charge on any atom is 0.419 e. The van der Waals surface area contributed by atoms with Crippen molar-refractivity contribution in [1.82, 2.24) is 4.90 Å². The molecular formula is C19H37NO4. The van der Waals surface area contributed by atoms with Gasteiger partial charge in [0.2, 0.25) is 0 Å². The summed E-state index contributed by atoms with van der Waals surface area (Å²) >= 11 is 0. The number of rotatable bonds is 15. The molecule has 0 radical (unpaired) electrons. The van der Waals surface area contributed by atoms with Gasteiger partial charge in [-0.3, -0.25) is 0 Å². The zero-order chi connectivity index (χ0) is 18.0. The number of ether oxygens (including phenoxy) is 1. The summed E-state index contributed by atoms with van der Waals surface area (Å²) in [6, 6.07) is 0. The maximum atomic E-state index is 11.8. The SMILES string of the molecule is CCCCCCCCCCCCOC(=O)N(CCCCC)C(=O)O. The fourth-order valence-electron chi connectivity index (χ4n) is 2.61. The molecule has 0 spiro atoms. The fraction of sp³-hybridized carbons (Fsp3) is 0.895. The lowest BCUT2D eigenvalue weighted by Crippen LogP contribution is -2.37. The summed E-state index contributed by atoms with van der Waals surface area (Å²) in [5.41, 5.74) is 0. The van der Waals surface area contributed by atoms with Crippen molar-refractivity contribution < 1.29 is 19.4 Å². The molecule has 2 amide bonds. The van der Waals surface area contributed by atoms with Gasteiger partial charge in [-0.05, 0) is 12.8 Å². The Hall–Kier alpha value is -1.26. The molecule has 142 valence electrons. The van der Waals surface area contributed by atoms with Gasteiger partial charge in [0.1, 0.15) is 0 Å². The molecule has 0 aromatic heterocycles. The molecule has 0 heterocycles. The number of carbonyl (C=O) groups excluding carboxylic acids is 1. The third-order valence-corrected chi connectivity index (χ3v) is 4.16. The highest BCUT2D eigenvalue weighted by Crippen LogP contribution is 2.10. The standard InChI is InChI=1S/C19H37NO4/c1-3-5-7-8-9-10-11-12-13-15-17-24-19(23)20(18(21)22)16-14-6-4-2/h3-17H2,1-2H3,(H,21,22). The van der Waals surface area contributed by atoms with Crippen LogP contribution in [0.25, 0.3) is 0 Å². The van der Waals surface area contributed by atoms with E-state index in [1.807, 2.05) is 6.92 Å². The smallest absolute Gasteiger partial charge is 0.419 e. The fourth-order valence-corrected chi connectivity index (χ4v) is 2.61. The van der Waals surface area contributed by atoms with Crippen LogP contribution in [0.2, 0.25) is 0 Å². The first-order valence-electron chi connectivity index (χ1n) is 9.80. The zero-order valence-electron chi connectivity index (χ0n) is 15.7. The molecule has 24 heavy (non-hydrogen) atoms. The molecule has 0 aromatic rings. The van der Waals surface area contributed by atoms with Gasteiger partial charge in [-0.15, -0.1) is 0 Å². The van der Waals surface area contributed by atoms with E-state index in [-0.39, 0.29) is 6.54 Å². The number of nitrogens with zero attached hydrogens (tertiary/aromatic N) is 1. The van der Waals surface area contributed by atoms with Crippen LogP contribution in [-0.4, -0.2) is 35.3 Å². The first-order chi connectivity index (χ1) is 11.6. The summed E-state index contributed by atoms with van der Waals surface area (Å²) in [5.74, 6) is 0. The summed E-state index contributed by atoms with van der Waals surface area (Å²) in [6.07, 6.45) is 12.8. The molecule has 0 aliphatic heterocycles. The highest BCUT2D eigenvalue weighted by Gasteiger charge is 2.21. The summed E-state index contributed by atoms with van der Waals surface area (Å²) < 4.78 is 5.07. The monoisotopic (exact) mass is 343 g/mol. The molecule has 5 heteroatoms. The average Bonchev–Trinajstić information content (AvgIpc) is 2.56. The Labute approximate surface area is 147 Å². The van der Waals surface area contributed by atoms with E-state index >= 15 is 0 Å². The number of hydrogen-bond donors (Lipinski definition) is 1. The summed E-state index contributed by atoms with van der Waals surface area (Å²) in [6.45, 7) is 4.80. The molecule has 0 rings (SSSR count). The van der Waals surface area contributed by atoms with Gasteiger partial charge in [0.05, 0.1) is 6.61 Å². The third-order valence-electron chi connectivity index (χ3n) is 4.16. The lowest BCUT2D eigenvalue weighted by atomic mass is 10.1. The summed E-state index contributed by atoms with van der Waals surface area (Å²) in [7, 11) is 0. The molecular weight excluding hydrogens is 306 g/mol. The van der Waals surface area contributed by atoms with Crippen LogP contribution in [-0.2, 0) is 4.74 Å². The quantitative estimate of drug-likeness (QED) is 0.359. The normalized spacial score (nSPS) is 10.6. The van der Waals surface area contributed by atoms with Gasteiger partial charge in [-0.1, -0.05) is 84.5 Å². The average molecular weight is 344 g/mol. The van der Waals surface area contributed by atoms with E-state index in [0.717, 1.165) is 37.0 Å². The Morgan fingerprint density at radius 1 is 0.750 bits per heavy atom. The van der Waals surface area contributed by atoms with E-state index in [1.165, 1.54) is 44.9 Å². The van der Waals surface area contributed by atoms with Gasteiger partial charge in [0.15, 0.2) is 0 Å². The Morgan fingerprint density at radius 3 is 1.71 bits per heavy atom. The molecule has 0 unspecified atom stereocenters. The van der Waals surface area contributed by atoms with Crippen LogP contribution in [0.1, 0.15) is 97.3 Å². The first kappa shape index (κ1) is 22.7. The maximum absolute atomic E-state index is 11.8. The van der Waals surface area contributed by atoms with E-state index in [9.17, 15) is 9.59 Å². The molecule has 0 atom stereocenters. The third kappa shape index (κ3) is 13.2. The molecule has 1 N–H and O–H groups in total. The summed E-state index contributed by atoms with van der Waals surface area (Å²) in [4.78, 5) is 23.6. The van der Waals surface area contributed by atoms with E-state index in [0.29, 0.717) is 13.0 Å². The van der Waals surface area contributed by atoms with Gasteiger partial charge in [0.25, 0.3) is 0 Å². The molecule has 0 saturated carbocycles. The van der Waals surface area contributed by atoms with Crippen LogP contribution >= 0.6 is 0 Å². The highest BCUT2D eigenvalue weighted by molar-refractivity contribution is 5.86. The molecule has 0 fully saturated rings. The van der Waals surface area contributed by atoms with E-state index in [1.54, 1.807) is 0 Å². The van der Waals surface area contributed by atoms with E-state index in [4.69, 9.17) is 9.84 Å². The number of carbonyl (C=O) groups is 2. The molecule has 0 aromatic carbocycles. The first-order valence-corrected chi connectivity index (χ1v) is 9.80. The molecule has 0 aliphatic rings. The van der Waals surface area contributed by atoms with Crippen LogP contribution in [0.5, 0.6) is 0 Å². The minimum Gasteiger partial charge on any atom is -0.465 e. The van der Waals surface area contributed by atoms with Crippen molar-refractivity contribution in [3.8, 4) is 0 Å². The van der Waals surface area contributed by atoms with Crippen LogP contribution in [0.4, 0.5) is 9.59 Å². The summed E-state index contributed by atoms with van der Waals surface area (Å²) in [5, 5.41) is 9.05. The molecule has 5 nitrogen and oxygen atoms in total. The number of hydrogen-bond acceptors (Lipinski definition) is 3. The molecule has 0 aliphatic carbocycles. The van der Waals surface area contributed by atoms with Crippen molar-refractivity contribution in [2.75, 3.05) is 13.2 Å². The van der Waals surface area contributed by atoms with Crippen LogP contribution in [0.15, 0.2) is 0 Å². The van der Waals surface area contributed by atoms with Crippen molar-refractivity contribution >= 4 is 12.2 Å². The zero-order valence-corrected chi connectivity index (χ0v) is 15.7. The topological polar surface area (TPSA) is 66.8 Å². The van der Waals surface area contributed by atoms with Crippen LogP contribution < -0.4 is 0 Å². The van der Waals surface area contributed by atoms with Crippen LogP contribution in [0.3, 0.4) is 0 Å². The van der Waals surface area contributed by atoms with Gasteiger partial charge in [0, 0.05) is 6.54 Å². The lowest BCUT2D eigenvalue weighted by molar-refractivity contribution is 0.0925. The highest BCUT2D eigenvalue weighted by atomic mass is 16.6. The lowest BCUT2D eigenvalue weighted by Gasteiger charge is -2.16. The molecule has 0 bridgehead atoms. The Balaban J connectivity index is 3.57. The minimum absolute atomic E-state index is 0.222. The van der Waals surface area contributed by atoms with Crippen molar-refractivity contribution in [2.45, 2.75) is 97.3 Å². The van der Waals surface area contributed by atoms with E-state index in [2.05, 4.69) is 6.92 Å². The van der Waals surface area contributed by atoms with Crippen molar-refractivity contribution in [2.24, 2.45) is 0 Å². The molecule has 0 saturated heterocycles. The van der Waals surface area contributed by atoms with Crippen molar-refractivity contribution in [3.63, 3.8) is 0 Å². The van der Waals surface area contributed by atoms with Gasteiger partial charge in [-0.25, -0.2) is 14.5 Å². The van der Waals surface area contributed by atoms with Gasteiger partial charge in [-0.2, -0.15) is 0 Å². The second-order valence-corrected chi connectivity index (χ2v) is 6.44. The second-order valence-electron chi connectivity index (χ2n) is 6.44. The largest absolute Gasteiger partial charge is 0.465 e. The minimum atomic E-state index is -1.22. The predicted molar refractivity (Wildman–Crippen MR) is 97.4 cm³/mol. The van der Waals surface area contributed by atoms with Crippen LogP contribution in [0, 0.1) is 0 Å². The Kier molecular flexibility index (Phi) is 15.7. The number of imide groups is 1. The van der Waals surface area contributed by atoms with Crippen molar-refractivity contribution in [1.29, 1.82) is 0 Å². The number of unbranched alkanes of at least 4 members (excludes halogenated alkanes) is 11. The van der Waals surface area contributed by atoms with E-state index < -0.39 is 12.2 Å². The van der Waals surface area contributed by atoms with Crippen molar-refractivity contribution in [3.05, 3.63) is 0 Å². The Bertz CT molecular complexity index is 320. The Morgan fingerprint density at radius 2 is 1.21 bits per heavy atom. The van der Waals surface area contributed by atoms with Gasteiger partial charge < -0.3 is 9.84 Å². The van der Waals surface area contributed by atoms with Gasteiger partial charge >= 0.3 is 12.2 Å². The number of amides is 2. The number of carboxylic acid groups (broad SMARTS) is 1.